The SMILES string of the molecule is CCCN1/C(=C/C=C2\CCCC(/C=C/C3N(CCC)c4ccccc4C3(C)C)=C2N(N)/C=C(\N)c2ccc([N+](=O)[O-])cc2)C(C)(C)c2ccccc21. The second kappa shape index (κ2) is 14.9. The highest BCUT2D eigenvalue weighted by Gasteiger charge is 2.43. The predicted octanol–water partition coefficient (Wildman–Crippen LogP) is 9.62. The Kier molecular flexibility index (Phi) is 10.5. The van der Waals surface area contributed by atoms with Gasteiger partial charge in [0.05, 0.1) is 22.4 Å². The average Bonchev–Trinajstić information content (AvgIpc) is 3.48. The number of anilines is 2. The summed E-state index contributed by atoms with van der Waals surface area (Å²) in [4.78, 5) is 15.9. The topological polar surface area (TPSA) is 105 Å². The maximum atomic E-state index is 11.3. The fraction of sp³-hybridized carbons (Fsp3) is 0.364. The summed E-state index contributed by atoms with van der Waals surface area (Å²) < 4.78 is 0. The van der Waals surface area contributed by atoms with Crippen molar-refractivity contribution < 1.29 is 4.92 Å². The van der Waals surface area contributed by atoms with Gasteiger partial charge in [0, 0.05) is 59.3 Å². The molecule has 52 heavy (non-hydrogen) atoms. The zero-order valence-electron chi connectivity index (χ0n) is 31.6. The molecule has 3 aromatic rings. The van der Waals surface area contributed by atoms with Crippen molar-refractivity contribution in [3.63, 3.8) is 0 Å². The molecule has 0 radical (unpaired) electrons. The van der Waals surface area contributed by atoms with E-state index in [2.05, 4.69) is 124 Å². The van der Waals surface area contributed by atoms with E-state index in [9.17, 15) is 10.1 Å². The molecule has 2 aliphatic heterocycles. The molecule has 6 rings (SSSR count). The molecule has 8 heteroatoms. The molecule has 1 atom stereocenters. The monoisotopic (exact) mass is 698 g/mol. The molecule has 0 amide bonds. The van der Waals surface area contributed by atoms with Crippen molar-refractivity contribution in [2.75, 3.05) is 22.9 Å². The van der Waals surface area contributed by atoms with E-state index in [4.69, 9.17) is 11.6 Å². The number of nitro benzene ring substituents is 1. The molecule has 272 valence electrons. The molecular weight excluding hydrogens is 645 g/mol. The van der Waals surface area contributed by atoms with Gasteiger partial charge >= 0.3 is 0 Å². The van der Waals surface area contributed by atoms with Gasteiger partial charge in [0.15, 0.2) is 0 Å². The third-order valence-corrected chi connectivity index (χ3v) is 11.1. The molecule has 3 aliphatic rings. The summed E-state index contributed by atoms with van der Waals surface area (Å²) in [6.07, 6.45) is 15.8. The summed E-state index contributed by atoms with van der Waals surface area (Å²) in [5, 5.41) is 12.9. The van der Waals surface area contributed by atoms with Gasteiger partial charge in [-0.05, 0) is 90.3 Å². The van der Waals surface area contributed by atoms with Crippen molar-refractivity contribution in [2.24, 2.45) is 11.6 Å². The molecule has 0 aromatic heterocycles. The molecule has 2 heterocycles. The van der Waals surface area contributed by atoms with Crippen LogP contribution in [0, 0.1) is 10.1 Å². The van der Waals surface area contributed by atoms with Crippen LogP contribution in [0.15, 0.2) is 126 Å². The number of nitro groups is 1. The Bertz CT molecular complexity index is 1970. The largest absolute Gasteiger partial charge is 0.397 e. The van der Waals surface area contributed by atoms with Crippen LogP contribution in [0.2, 0.25) is 0 Å². The quantitative estimate of drug-likeness (QED) is 0.117. The molecule has 0 fully saturated rings. The van der Waals surface area contributed by atoms with Crippen molar-refractivity contribution >= 4 is 22.8 Å². The molecule has 1 unspecified atom stereocenters. The third kappa shape index (κ3) is 6.80. The van der Waals surface area contributed by atoms with Crippen LogP contribution in [-0.4, -0.2) is 29.1 Å². The molecule has 0 saturated carbocycles. The van der Waals surface area contributed by atoms with E-state index in [1.807, 2.05) is 0 Å². The molecule has 4 N–H and O–H groups in total. The summed E-state index contributed by atoms with van der Waals surface area (Å²) in [6, 6.07) is 24.0. The molecule has 8 nitrogen and oxygen atoms in total. The number of nitrogens with two attached hydrogens (primary N) is 2. The lowest BCUT2D eigenvalue weighted by atomic mass is 9.80. The maximum absolute atomic E-state index is 11.3. The Morgan fingerprint density at radius 2 is 1.56 bits per heavy atom. The molecule has 1 aliphatic carbocycles. The lowest BCUT2D eigenvalue weighted by Crippen LogP contribution is -2.40. The Balaban J connectivity index is 1.44. The first kappa shape index (κ1) is 36.7. The Morgan fingerprint density at radius 1 is 0.904 bits per heavy atom. The second-order valence-corrected chi connectivity index (χ2v) is 15.3. The maximum Gasteiger partial charge on any atom is 0.269 e. The van der Waals surface area contributed by atoms with Crippen LogP contribution in [-0.2, 0) is 10.8 Å². The molecular formula is C44H54N6O2. The highest BCUT2D eigenvalue weighted by molar-refractivity contribution is 5.71. The van der Waals surface area contributed by atoms with E-state index in [1.54, 1.807) is 23.3 Å². The fourth-order valence-corrected chi connectivity index (χ4v) is 8.44. The van der Waals surface area contributed by atoms with E-state index in [-0.39, 0.29) is 22.6 Å². The third-order valence-electron chi connectivity index (χ3n) is 11.1. The van der Waals surface area contributed by atoms with Crippen molar-refractivity contribution in [1.82, 2.24) is 5.01 Å². The van der Waals surface area contributed by atoms with Crippen LogP contribution in [0.5, 0.6) is 0 Å². The van der Waals surface area contributed by atoms with E-state index in [1.165, 1.54) is 40.3 Å². The molecule has 0 bridgehead atoms. The normalized spacial score (nSPS) is 21.0. The van der Waals surface area contributed by atoms with Crippen LogP contribution in [0.25, 0.3) is 5.70 Å². The second-order valence-electron chi connectivity index (χ2n) is 15.3. The van der Waals surface area contributed by atoms with E-state index in [0.717, 1.165) is 62.0 Å². The van der Waals surface area contributed by atoms with Crippen LogP contribution < -0.4 is 21.4 Å². The van der Waals surface area contributed by atoms with E-state index >= 15 is 0 Å². The Morgan fingerprint density at radius 3 is 2.23 bits per heavy atom. The van der Waals surface area contributed by atoms with Gasteiger partial charge in [-0.1, -0.05) is 96.2 Å². The Hall–Kier alpha value is -5.08. The molecule has 3 aromatic carbocycles. The van der Waals surface area contributed by atoms with Crippen LogP contribution in [0.3, 0.4) is 0 Å². The first-order chi connectivity index (χ1) is 24.9. The van der Waals surface area contributed by atoms with Crippen LogP contribution in [0.4, 0.5) is 17.1 Å². The number of hydrazine groups is 1. The summed E-state index contributed by atoms with van der Waals surface area (Å²) >= 11 is 0. The first-order valence-corrected chi connectivity index (χ1v) is 18.7. The van der Waals surface area contributed by atoms with Crippen molar-refractivity contribution in [3.8, 4) is 0 Å². The number of nitrogens with zero attached hydrogens (tertiary/aromatic N) is 4. The summed E-state index contributed by atoms with van der Waals surface area (Å²) in [7, 11) is 0. The lowest BCUT2D eigenvalue weighted by Gasteiger charge is -2.33. The number of hydrogen-bond donors (Lipinski definition) is 2. The summed E-state index contributed by atoms with van der Waals surface area (Å²) in [5.74, 6) is 7.00. The molecule has 0 saturated heterocycles. The number of hydrogen-bond acceptors (Lipinski definition) is 7. The first-order valence-electron chi connectivity index (χ1n) is 18.7. The van der Waals surface area contributed by atoms with Crippen molar-refractivity contribution in [1.29, 1.82) is 0 Å². The number of non-ortho nitro benzene ring substituents is 1. The van der Waals surface area contributed by atoms with Gasteiger partial charge in [-0.2, -0.15) is 0 Å². The van der Waals surface area contributed by atoms with Crippen molar-refractivity contribution in [3.05, 3.63) is 153 Å². The van der Waals surface area contributed by atoms with Gasteiger partial charge in [0.1, 0.15) is 0 Å². The standard InChI is InChI=1S/C44H54N6O2/c1-7-28-47-38-18-11-9-16-35(38)43(3,4)40(47)26-22-32-14-13-15-33(42(32)49(46)30-37(45)31-20-24-34(25-21-31)50(51)52)23-27-41-44(5,6)36-17-10-12-19-39(36)48(41)29-8-2/h9-12,16-27,30,40H,7-8,13-15,28-29,45-46H2,1-6H3/b26-22+,33-23+,37-30-,41-27+. The number of rotatable bonds is 11. The van der Waals surface area contributed by atoms with E-state index < -0.39 is 4.92 Å². The minimum absolute atomic E-state index is 0.0185. The predicted molar refractivity (Wildman–Crippen MR) is 215 cm³/mol. The molecule has 0 spiro atoms. The summed E-state index contributed by atoms with van der Waals surface area (Å²) in [6.45, 7) is 15.7. The highest BCUT2D eigenvalue weighted by Crippen LogP contribution is 2.48. The minimum atomic E-state index is -0.409. The zero-order valence-corrected chi connectivity index (χ0v) is 31.6. The van der Waals surface area contributed by atoms with Gasteiger partial charge in [-0.25, -0.2) is 5.84 Å². The van der Waals surface area contributed by atoms with Gasteiger partial charge in [-0.15, -0.1) is 0 Å². The van der Waals surface area contributed by atoms with Crippen LogP contribution >= 0.6 is 0 Å². The van der Waals surface area contributed by atoms with Gasteiger partial charge < -0.3 is 15.5 Å². The summed E-state index contributed by atoms with van der Waals surface area (Å²) in [5.41, 5.74) is 17.3. The average molecular weight is 699 g/mol. The smallest absolute Gasteiger partial charge is 0.269 e. The minimum Gasteiger partial charge on any atom is -0.397 e. The number of fused-ring (bicyclic) bond motifs is 2. The number of para-hydroxylation sites is 2. The van der Waals surface area contributed by atoms with E-state index in [0.29, 0.717) is 11.3 Å². The van der Waals surface area contributed by atoms with Gasteiger partial charge in [0.2, 0.25) is 0 Å². The number of allylic oxidation sites excluding steroid dienone is 6. The Labute approximate surface area is 309 Å². The van der Waals surface area contributed by atoms with Gasteiger partial charge in [-0.3, -0.25) is 15.1 Å². The zero-order chi connectivity index (χ0) is 37.2. The highest BCUT2D eigenvalue weighted by atomic mass is 16.6. The van der Waals surface area contributed by atoms with Crippen LogP contribution in [0.1, 0.15) is 90.3 Å². The van der Waals surface area contributed by atoms with Gasteiger partial charge in [0.25, 0.3) is 5.69 Å². The van der Waals surface area contributed by atoms with Crippen molar-refractivity contribution in [2.45, 2.75) is 90.5 Å². The fourth-order valence-electron chi connectivity index (χ4n) is 8.44. The number of benzene rings is 3. The lowest BCUT2D eigenvalue weighted by molar-refractivity contribution is -0.384.